The summed E-state index contributed by atoms with van der Waals surface area (Å²) in [6, 6.07) is 3.44. The molecule has 0 atom stereocenters. The highest BCUT2D eigenvalue weighted by Gasteiger charge is 2.50. The standard InChI is InChI=1S/C20H26F2N2O2/c21-14-11-15(22)13-18(12-14)26-17-5-3-16(4-6-17)23-19(25)20-7-1-9-24(20)10-2-8-20/h11-13,16-17H,1-10H2,(H,23,25). The molecule has 0 aromatic heterocycles. The lowest BCUT2D eigenvalue weighted by molar-refractivity contribution is -0.131. The Morgan fingerprint density at radius 2 is 1.65 bits per heavy atom. The Balaban J connectivity index is 1.29. The van der Waals surface area contributed by atoms with Crippen LogP contribution in [0.5, 0.6) is 5.75 Å². The highest BCUT2D eigenvalue weighted by Crippen LogP contribution is 2.39. The minimum atomic E-state index is -0.627. The normalized spacial score (nSPS) is 27.9. The molecule has 4 nitrogen and oxygen atoms in total. The fraction of sp³-hybridized carbons (Fsp3) is 0.650. The number of amides is 1. The van der Waals surface area contributed by atoms with Crippen molar-refractivity contribution >= 4 is 5.91 Å². The zero-order chi connectivity index (χ0) is 18.1. The number of nitrogens with one attached hydrogen (secondary N) is 1. The van der Waals surface area contributed by atoms with Crippen LogP contribution in [-0.4, -0.2) is 41.6 Å². The van der Waals surface area contributed by atoms with Crippen molar-refractivity contribution in [1.82, 2.24) is 10.2 Å². The van der Waals surface area contributed by atoms with Gasteiger partial charge in [0, 0.05) is 24.2 Å². The van der Waals surface area contributed by atoms with Crippen LogP contribution in [0.2, 0.25) is 0 Å². The van der Waals surface area contributed by atoms with Crippen molar-refractivity contribution in [2.24, 2.45) is 0 Å². The quantitative estimate of drug-likeness (QED) is 0.890. The fourth-order valence-electron chi connectivity index (χ4n) is 4.91. The second-order valence-corrected chi connectivity index (χ2v) is 7.90. The number of hydrogen-bond acceptors (Lipinski definition) is 3. The van der Waals surface area contributed by atoms with E-state index in [-0.39, 0.29) is 29.3 Å². The van der Waals surface area contributed by atoms with Crippen molar-refractivity contribution in [2.45, 2.75) is 69.1 Å². The van der Waals surface area contributed by atoms with E-state index in [1.54, 1.807) is 0 Å². The smallest absolute Gasteiger partial charge is 0.240 e. The summed E-state index contributed by atoms with van der Waals surface area (Å²) in [5.41, 5.74) is -0.257. The van der Waals surface area contributed by atoms with E-state index in [0.717, 1.165) is 70.5 Å². The molecule has 2 heterocycles. The Morgan fingerprint density at radius 3 is 2.27 bits per heavy atom. The molecule has 26 heavy (non-hydrogen) atoms. The first-order valence-corrected chi connectivity index (χ1v) is 9.74. The number of halogens is 2. The van der Waals surface area contributed by atoms with E-state index >= 15 is 0 Å². The number of nitrogens with zero attached hydrogens (tertiary/aromatic N) is 1. The molecule has 1 aliphatic carbocycles. The third-order valence-electron chi connectivity index (χ3n) is 6.21. The number of carbonyl (C=O) groups excluding carboxylic acids is 1. The second kappa shape index (κ2) is 7.14. The molecular weight excluding hydrogens is 338 g/mol. The number of hydrogen-bond donors (Lipinski definition) is 1. The summed E-state index contributed by atoms with van der Waals surface area (Å²) in [4.78, 5) is 15.3. The van der Waals surface area contributed by atoms with Crippen LogP contribution >= 0.6 is 0 Å². The zero-order valence-electron chi connectivity index (χ0n) is 15.0. The summed E-state index contributed by atoms with van der Waals surface area (Å²) >= 11 is 0. The molecule has 4 rings (SSSR count). The van der Waals surface area contributed by atoms with Crippen LogP contribution in [0, 0.1) is 11.6 Å². The van der Waals surface area contributed by atoms with Gasteiger partial charge in [0.15, 0.2) is 0 Å². The first-order chi connectivity index (χ1) is 12.5. The van der Waals surface area contributed by atoms with Crippen LogP contribution in [0.15, 0.2) is 18.2 Å². The molecule has 142 valence electrons. The minimum absolute atomic E-state index is 0.0584. The van der Waals surface area contributed by atoms with Gasteiger partial charge in [-0.15, -0.1) is 0 Å². The SMILES string of the molecule is O=C(NC1CCC(Oc2cc(F)cc(F)c2)CC1)C12CCCN1CCC2. The molecule has 0 spiro atoms. The van der Waals surface area contributed by atoms with E-state index in [9.17, 15) is 13.6 Å². The molecule has 1 N–H and O–H groups in total. The molecule has 2 aliphatic heterocycles. The second-order valence-electron chi connectivity index (χ2n) is 7.90. The zero-order valence-corrected chi connectivity index (χ0v) is 15.0. The Kier molecular flexibility index (Phi) is 4.86. The van der Waals surface area contributed by atoms with Crippen LogP contribution in [0.25, 0.3) is 0 Å². The first-order valence-electron chi connectivity index (χ1n) is 9.74. The Hall–Kier alpha value is -1.69. The molecule has 3 aliphatic rings. The van der Waals surface area contributed by atoms with Crippen molar-refractivity contribution in [3.63, 3.8) is 0 Å². The molecule has 3 fully saturated rings. The number of rotatable bonds is 4. The van der Waals surface area contributed by atoms with Crippen LogP contribution in [0.1, 0.15) is 51.4 Å². The van der Waals surface area contributed by atoms with Gasteiger partial charge in [-0.25, -0.2) is 8.78 Å². The lowest BCUT2D eigenvalue weighted by Gasteiger charge is -2.35. The number of ether oxygens (including phenoxy) is 1. The Bertz CT molecular complexity index is 644. The summed E-state index contributed by atoms with van der Waals surface area (Å²) in [6.07, 6.45) is 7.34. The van der Waals surface area contributed by atoms with Gasteiger partial charge < -0.3 is 10.1 Å². The van der Waals surface area contributed by atoms with Crippen LogP contribution in [-0.2, 0) is 4.79 Å². The molecule has 1 aromatic rings. The lowest BCUT2D eigenvalue weighted by atomic mass is 9.89. The van der Waals surface area contributed by atoms with Gasteiger partial charge in [-0.2, -0.15) is 0 Å². The molecule has 1 aromatic carbocycles. The molecular formula is C20H26F2N2O2. The van der Waals surface area contributed by atoms with Crippen molar-refractivity contribution in [2.75, 3.05) is 13.1 Å². The molecule has 0 unspecified atom stereocenters. The maximum atomic E-state index is 13.3. The van der Waals surface area contributed by atoms with Gasteiger partial charge in [0.25, 0.3) is 0 Å². The highest BCUT2D eigenvalue weighted by atomic mass is 19.1. The van der Waals surface area contributed by atoms with E-state index in [1.807, 2.05) is 0 Å². The van der Waals surface area contributed by atoms with Gasteiger partial charge >= 0.3 is 0 Å². The molecule has 1 amide bonds. The van der Waals surface area contributed by atoms with Crippen molar-refractivity contribution in [1.29, 1.82) is 0 Å². The minimum Gasteiger partial charge on any atom is -0.490 e. The summed E-state index contributed by atoms with van der Waals surface area (Å²) < 4.78 is 32.3. The van der Waals surface area contributed by atoms with E-state index in [1.165, 1.54) is 12.1 Å². The summed E-state index contributed by atoms with van der Waals surface area (Å²) in [7, 11) is 0. The monoisotopic (exact) mass is 364 g/mol. The predicted octanol–water partition coefficient (Wildman–Crippen LogP) is 3.40. The van der Waals surface area contributed by atoms with Gasteiger partial charge in [-0.05, 0) is 64.5 Å². The van der Waals surface area contributed by atoms with Gasteiger partial charge in [-0.3, -0.25) is 9.69 Å². The van der Waals surface area contributed by atoms with Crippen molar-refractivity contribution in [3.05, 3.63) is 29.8 Å². The Morgan fingerprint density at radius 1 is 1.04 bits per heavy atom. The third kappa shape index (κ3) is 3.43. The summed E-state index contributed by atoms with van der Waals surface area (Å²) in [5, 5.41) is 3.27. The van der Waals surface area contributed by atoms with Crippen molar-refractivity contribution in [3.8, 4) is 5.75 Å². The van der Waals surface area contributed by atoms with Gasteiger partial charge in [0.1, 0.15) is 22.9 Å². The maximum Gasteiger partial charge on any atom is 0.240 e. The van der Waals surface area contributed by atoms with E-state index in [4.69, 9.17) is 4.74 Å². The van der Waals surface area contributed by atoms with Crippen molar-refractivity contribution < 1.29 is 18.3 Å². The molecule has 0 radical (unpaired) electrons. The topological polar surface area (TPSA) is 41.6 Å². The highest BCUT2D eigenvalue weighted by molar-refractivity contribution is 5.87. The number of benzene rings is 1. The fourth-order valence-corrected chi connectivity index (χ4v) is 4.91. The van der Waals surface area contributed by atoms with Gasteiger partial charge in [0.2, 0.25) is 5.91 Å². The summed E-state index contributed by atoms with van der Waals surface area (Å²) in [6.45, 7) is 2.08. The molecule has 0 bridgehead atoms. The van der Waals surface area contributed by atoms with E-state index < -0.39 is 11.6 Å². The average Bonchev–Trinajstić information content (AvgIpc) is 3.16. The first kappa shape index (κ1) is 17.7. The lowest BCUT2D eigenvalue weighted by Crippen LogP contribution is -2.55. The molecule has 2 saturated heterocycles. The van der Waals surface area contributed by atoms with E-state index in [0.29, 0.717) is 0 Å². The predicted molar refractivity (Wildman–Crippen MR) is 93.9 cm³/mol. The maximum absolute atomic E-state index is 13.3. The largest absolute Gasteiger partial charge is 0.490 e. The number of carbonyl (C=O) groups is 1. The summed E-state index contributed by atoms with van der Waals surface area (Å²) in [5.74, 6) is -0.818. The van der Waals surface area contributed by atoms with Crippen LogP contribution in [0.3, 0.4) is 0 Å². The number of fused-ring (bicyclic) bond motifs is 1. The average molecular weight is 364 g/mol. The molecule has 1 saturated carbocycles. The van der Waals surface area contributed by atoms with E-state index in [2.05, 4.69) is 10.2 Å². The third-order valence-corrected chi connectivity index (χ3v) is 6.21. The van der Waals surface area contributed by atoms with Crippen LogP contribution in [0.4, 0.5) is 8.78 Å². The molecule has 6 heteroatoms. The van der Waals surface area contributed by atoms with Gasteiger partial charge in [-0.1, -0.05) is 0 Å². The Labute approximate surface area is 152 Å². The van der Waals surface area contributed by atoms with Gasteiger partial charge in [0.05, 0.1) is 6.10 Å². The van der Waals surface area contributed by atoms with Crippen LogP contribution < -0.4 is 10.1 Å².